The molecule has 0 spiro atoms. The molecule has 1 aliphatic rings. The zero-order chi connectivity index (χ0) is 21.8. The molecular formula is C19H20Cl2N4O4S. The molecule has 11 heteroatoms. The smallest absolute Gasteiger partial charge is 0.349 e. The van der Waals surface area contributed by atoms with Gasteiger partial charge in [-0.05, 0) is 13.3 Å². The topological polar surface area (TPSA) is 96.5 Å². The molecule has 3 heterocycles. The summed E-state index contributed by atoms with van der Waals surface area (Å²) in [6.45, 7) is 2.88. The number of carbonyl (C=O) groups excluding carboxylic acids is 2. The second-order valence-electron chi connectivity index (χ2n) is 6.62. The van der Waals surface area contributed by atoms with Gasteiger partial charge < -0.3 is 24.7 Å². The number of aryl methyl sites for hydroxylation is 1. The van der Waals surface area contributed by atoms with Crippen molar-refractivity contribution in [3.8, 4) is 12.3 Å². The first-order valence-corrected chi connectivity index (χ1v) is 10.6. The summed E-state index contributed by atoms with van der Waals surface area (Å²) in [4.78, 5) is 34.0. The van der Waals surface area contributed by atoms with E-state index in [1.807, 2.05) is 4.90 Å². The summed E-state index contributed by atoms with van der Waals surface area (Å²) in [6.07, 6.45) is 7.03. The van der Waals surface area contributed by atoms with Crippen molar-refractivity contribution in [2.45, 2.75) is 25.5 Å². The monoisotopic (exact) mass is 470 g/mol. The fourth-order valence-corrected chi connectivity index (χ4v) is 4.44. The first-order chi connectivity index (χ1) is 14.3. The number of piperidine rings is 1. The van der Waals surface area contributed by atoms with Crippen molar-refractivity contribution in [3.05, 3.63) is 32.5 Å². The number of terminal acetylenes is 1. The second-order valence-corrected chi connectivity index (χ2v) is 8.38. The quantitative estimate of drug-likeness (QED) is 0.497. The highest BCUT2D eigenvalue weighted by molar-refractivity contribution is 7.17. The molecule has 0 unspecified atom stereocenters. The number of hydrogen-bond donors (Lipinski definition) is 2. The van der Waals surface area contributed by atoms with Crippen LogP contribution in [0.15, 0.2) is 6.20 Å². The van der Waals surface area contributed by atoms with Crippen molar-refractivity contribution in [3.63, 3.8) is 0 Å². The third kappa shape index (κ3) is 4.73. The molecule has 2 atom stereocenters. The normalized spacial score (nSPS) is 18.7. The van der Waals surface area contributed by atoms with Crippen LogP contribution in [0.5, 0.6) is 0 Å². The number of nitrogens with one attached hydrogen (secondary N) is 2. The van der Waals surface area contributed by atoms with Gasteiger partial charge in [0.2, 0.25) is 0 Å². The van der Waals surface area contributed by atoms with Crippen LogP contribution in [-0.4, -0.2) is 60.8 Å². The number of hydrogen-bond acceptors (Lipinski definition) is 7. The van der Waals surface area contributed by atoms with E-state index in [9.17, 15) is 9.59 Å². The molecule has 2 aromatic heterocycles. The van der Waals surface area contributed by atoms with Gasteiger partial charge in [-0.25, -0.2) is 9.78 Å². The van der Waals surface area contributed by atoms with Gasteiger partial charge in [-0.1, -0.05) is 40.5 Å². The lowest BCUT2D eigenvalue weighted by atomic mass is 10.0. The SMILES string of the molecule is C#CCO[C@H]1CN(c2ncc(C(=O)OC)s2)CC[C@H]1NC(=O)c1[nH]c(C)c(Cl)c1Cl. The first kappa shape index (κ1) is 22.4. The molecule has 1 saturated heterocycles. The van der Waals surface area contributed by atoms with Crippen LogP contribution in [0.1, 0.15) is 32.3 Å². The van der Waals surface area contributed by atoms with Gasteiger partial charge in [0.15, 0.2) is 5.13 Å². The minimum atomic E-state index is -0.433. The van der Waals surface area contributed by atoms with Gasteiger partial charge in [-0.3, -0.25) is 4.79 Å². The Morgan fingerprint density at radius 1 is 1.47 bits per heavy atom. The third-order valence-electron chi connectivity index (χ3n) is 4.69. The predicted molar refractivity (Wildman–Crippen MR) is 116 cm³/mol. The van der Waals surface area contributed by atoms with Crippen LogP contribution in [0.4, 0.5) is 5.13 Å². The van der Waals surface area contributed by atoms with Crippen LogP contribution >= 0.6 is 34.5 Å². The van der Waals surface area contributed by atoms with E-state index in [0.29, 0.717) is 40.2 Å². The van der Waals surface area contributed by atoms with Crippen molar-refractivity contribution >= 4 is 51.5 Å². The molecular weight excluding hydrogens is 451 g/mol. The molecule has 0 bridgehead atoms. The highest BCUT2D eigenvalue weighted by atomic mass is 35.5. The molecule has 8 nitrogen and oxygen atoms in total. The lowest BCUT2D eigenvalue weighted by Gasteiger charge is -2.38. The van der Waals surface area contributed by atoms with E-state index in [0.717, 1.165) is 0 Å². The zero-order valence-corrected chi connectivity index (χ0v) is 18.7. The molecule has 2 aromatic rings. The Morgan fingerprint density at radius 2 is 2.23 bits per heavy atom. The maximum absolute atomic E-state index is 12.7. The lowest BCUT2D eigenvalue weighted by Crippen LogP contribution is -2.55. The van der Waals surface area contributed by atoms with Crippen molar-refractivity contribution < 1.29 is 19.1 Å². The van der Waals surface area contributed by atoms with Gasteiger partial charge in [0.25, 0.3) is 5.91 Å². The lowest BCUT2D eigenvalue weighted by molar-refractivity contribution is 0.0380. The van der Waals surface area contributed by atoms with Crippen LogP contribution in [-0.2, 0) is 9.47 Å². The van der Waals surface area contributed by atoms with Crippen molar-refractivity contribution in [2.75, 3.05) is 31.7 Å². The summed E-state index contributed by atoms with van der Waals surface area (Å²) in [5.74, 6) is 1.65. The number of amides is 1. The minimum Gasteiger partial charge on any atom is -0.465 e. The number of rotatable bonds is 6. The summed E-state index contributed by atoms with van der Waals surface area (Å²) in [5, 5.41) is 4.13. The Balaban J connectivity index is 1.72. The molecule has 0 saturated carbocycles. The van der Waals surface area contributed by atoms with E-state index >= 15 is 0 Å². The van der Waals surface area contributed by atoms with Crippen LogP contribution < -0.4 is 10.2 Å². The summed E-state index contributed by atoms with van der Waals surface area (Å²) in [7, 11) is 1.32. The van der Waals surface area contributed by atoms with Crippen LogP contribution in [0.2, 0.25) is 10.0 Å². The number of thiazole rings is 1. The Kier molecular flexibility index (Phi) is 7.26. The number of aromatic amines is 1. The predicted octanol–water partition coefficient (Wildman–Crippen LogP) is 2.90. The molecule has 160 valence electrons. The summed E-state index contributed by atoms with van der Waals surface area (Å²) in [5.41, 5.74) is 0.826. The standard InChI is InChI=1S/C19H20Cl2N4O4S/c1-4-7-29-12-9-25(19-22-8-13(30-19)18(27)28-3)6-5-11(12)24-17(26)16-15(21)14(20)10(2)23-16/h1,8,11-12,23H,5-7,9H2,2-3H3,(H,24,26)/t11-,12+/m1/s1. The van der Waals surface area contributed by atoms with E-state index in [1.54, 1.807) is 6.92 Å². The molecule has 0 aromatic carbocycles. The fourth-order valence-electron chi connectivity index (χ4n) is 3.15. The van der Waals surface area contributed by atoms with Crippen LogP contribution in [0.3, 0.4) is 0 Å². The van der Waals surface area contributed by atoms with E-state index in [-0.39, 0.29) is 35.4 Å². The Morgan fingerprint density at radius 3 is 2.87 bits per heavy atom. The van der Waals surface area contributed by atoms with Crippen molar-refractivity contribution in [1.29, 1.82) is 0 Å². The summed E-state index contributed by atoms with van der Waals surface area (Å²) < 4.78 is 10.5. The average molecular weight is 471 g/mol. The number of methoxy groups -OCH3 is 1. The molecule has 2 N–H and O–H groups in total. The van der Waals surface area contributed by atoms with E-state index in [4.69, 9.17) is 39.1 Å². The number of halogens is 2. The highest BCUT2D eigenvalue weighted by Crippen LogP contribution is 2.30. The largest absolute Gasteiger partial charge is 0.465 e. The van der Waals surface area contributed by atoms with Gasteiger partial charge in [0.05, 0.1) is 35.5 Å². The van der Waals surface area contributed by atoms with Crippen LogP contribution in [0, 0.1) is 19.3 Å². The van der Waals surface area contributed by atoms with E-state index in [1.165, 1.54) is 24.6 Å². The van der Waals surface area contributed by atoms with Gasteiger partial charge >= 0.3 is 5.97 Å². The van der Waals surface area contributed by atoms with Crippen LogP contribution in [0.25, 0.3) is 0 Å². The minimum absolute atomic E-state index is 0.102. The number of aromatic nitrogens is 2. The fraction of sp³-hybridized carbons (Fsp3) is 0.421. The average Bonchev–Trinajstić information content (AvgIpc) is 3.33. The zero-order valence-electron chi connectivity index (χ0n) is 16.3. The summed E-state index contributed by atoms with van der Waals surface area (Å²) >= 11 is 13.5. The summed E-state index contributed by atoms with van der Waals surface area (Å²) in [6, 6.07) is -0.291. The van der Waals surface area contributed by atoms with Crippen molar-refractivity contribution in [1.82, 2.24) is 15.3 Å². The molecule has 1 amide bonds. The van der Waals surface area contributed by atoms with Gasteiger partial charge in [0, 0.05) is 18.8 Å². The number of ether oxygens (including phenoxy) is 2. The maximum Gasteiger partial charge on any atom is 0.349 e. The Hall–Kier alpha value is -2.25. The highest BCUT2D eigenvalue weighted by Gasteiger charge is 2.33. The number of anilines is 1. The van der Waals surface area contributed by atoms with Gasteiger partial charge in [-0.15, -0.1) is 6.42 Å². The molecule has 3 rings (SSSR count). The van der Waals surface area contributed by atoms with Crippen molar-refractivity contribution in [2.24, 2.45) is 0 Å². The molecule has 30 heavy (non-hydrogen) atoms. The molecule has 0 radical (unpaired) electrons. The third-order valence-corrected chi connectivity index (χ3v) is 6.67. The number of H-pyrrole nitrogens is 1. The molecule has 1 fully saturated rings. The molecule has 1 aliphatic heterocycles. The second kappa shape index (κ2) is 9.71. The molecule has 0 aliphatic carbocycles. The maximum atomic E-state index is 12.7. The van der Waals surface area contributed by atoms with Gasteiger partial charge in [0.1, 0.15) is 17.2 Å². The van der Waals surface area contributed by atoms with E-state index in [2.05, 4.69) is 21.2 Å². The van der Waals surface area contributed by atoms with Gasteiger partial charge in [-0.2, -0.15) is 0 Å². The Labute approximate surface area is 187 Å². The first-order valence-electron chi connectivity index (χ1n) is 9.04. The van der Waals surface area contributed by atoms with E-state index < -0.39 is 5.97 Å². The number of esters is 1. The number of carbonyl (C=O) groups is 2. The Bertz CT molecular complexity index is 984. The number of nitrogens with zero attached hydrogens (tertiary/aromatic N) is 2.